The van der Waals surface area contributed by atoms with E-state index in [1.54, 1.807) is 18.2 Å². The molecule has 0 bridgehead atoms. The van der Waals surface area contributed by atoms with E-state index in [4.69, 9.17) is 21.1 Å². The number of amides is 1. The number of carbonyl (C=O) groups is 1. The van der Waals surface area contributed by atoms with Crippen molar-refractivity contribution < 1.29 is 31.8 Å². The van der Waals surface area contributed by atoms with E-state index < -0.39 is 23.8 Å². The topological polar surface area (TPSA) is 59.6 Å². The van der Waals surface area contributed by atoms with Crippen molar-refractivity contribution in [1.29, 1.82) is 0 Å². The fraction of sp³-hybridized carbons (Fsp3) is 0.435. The second-order valence-electron chi connectivity index (χ2n) is 7.93. The van der Waals surface area contributed by atoms with Crippen LogP contribution in [-0.4, -0.2) is 31.8 Å². The number of methoxy groups -OCH3 is 1. The summed E-state index contributed by atoms with van der Waals surface area (Å²) in [6.45, 7) is 0.0710. The second kappa shape index (κ2) is 11.1. The number of nitrogens with one attached hydrogen (secondary N) is 2. The summed E-state index contributed by atoms with van der Waals surface area (Å²) in [5.41, 5.74) is 1.15. The van der Waals surface area contributed by atoms with Crippen LogP contribution in [0.2, 0.25) is 5.02 Å². The monoisotopic (exact) mass is 488 g/mol. The summed E-state index contributed by atoms with van der Waals surface area (Å²) < 4.78 is 63.1. The Morgan fingerprint density at radius 1 is 1.15 bits per heavy atom. The minimum Gasteiger partial charge on any atom is -0.493 e. The summed E-state index contributed by atoms with van der Waals surface area (Å²) in [7, 11) is 1.45. The standard InChI is InChI=1S/C23H25ClF4N2O3/c1-32-21-9-14(12-29-16-4-2-3-15(10-16)23(26,27)28)5-8-20(21)33-13-22(31)30-17-6-7-19(25)18(24)11-17/h5-9,11,15-16,29H,2-4,10,12-13H2,1H3,(H,30,31). The molecule has 2 unspecified atom stereocenters. The number of anilines is 1. The highest BCUT2D eigenvalue weighted by Gasteiger charge is 2.41. The van der Waals surface area contributed by atoms with E-state index in [0.29, 0.717) is 36.6 Å². The number of rotatable bonds is 8. The normalized spacial score (nSPS) is 18.6. The van der Waals surface area contributed by atoms with E-state index in [-0.39, 0.29) is 30.5 Å². The zero-order valence-electron chi connectivity index (χ0n) is 18.0. The van der Waals surface area contributed by atoms with Crippen molar-refractivity contribution >= 4 is 23.2 Å². The summed E-state index contributed by atoms with van der Waals surface area (Å²) >= 11 is 5.70. The van der Waals surface area contributed by atoms with Crippen LogP contribution < -0.4 is 20.1 Å². The van der Waals surface area contributed by atoms with Crippen LogP contribution in [0.3, 0.4) is 0 Å². The molecule has 10 heteroatoms. The van der Waals surface area contributed by atoms with E-state index in [1.807, 2.05) is 0 Å². The van der Waals surface area contributed by atoms with Crippen LogP contribution in [0.25, 0.3) is 0 Å². The molecule has 180 valence electrons. The smallest absolute Gasteiger partial charge is 0.391 e. The van der Waals surface area contributed by atoms with Crippen molar-refractivity contribution in [2.75, 3.05) is 19.0 Å². The van der Waals surface area contributed by atoms with Gasteiger partial charge in [-0.05, 0) is 55.2 Å². The molecule has 2 aromatic rings. The first-order valence-electron chi connectivity index (χ1n) is 10.5. The maximum atomic E-state index is 13.2. The Morgan fingerprint density at radius 3 is 2.64 bits per heavy atom. The van der Waals surface area contributed by atoms with Gasteiger partial charge in [-0.15, -0.1) is 0 Å². The summed E-state index contributed by atoms with van der Waals surface area (Å²) in [6.07, 6.45) is -2.64. The summed E-state index contributed by atoms with van der Waals surface area (Å²) in [5, 5.41) is 5.64. The Balaban J connectivity index is 1.52. The lowest BCUT2D eigenvalue weighted by molar-refractivity contribution is -0.183. The fourth-order valence-corrected chi connectivity index (χ4v) is 3.97. The Bertz CT molecular complexity index is 971. The van der Waals surface area contributed by atoms with Crippen LogP contribution in [-0.2, 0) is 11.3 Å². The van der Waals surface area contributed by atoms with Gasteiger partial charge in [0, 0.05) is 18.3 Å². The molecular weight excluding hydrogens is 464 g/mol. The molecule has 0 saturated heterocycles. The molecule has 1 saturated carbocycles. The molecule has 1 fully saturated rings. The number of alkyl halides is 3. The molecule has 1 amide bonds. The highest BCUT2D eigenvalue weighted by atomic mass is 35.5. The van der Waals surface area contributed by atoms with Crippen molar-refractivity contribution in [3.8, 4) is 11.5 Å². The highest BCUT2D eigenvalue weighted by molar-refractivity contribution is 6.31. The van der Waals surface area contributed by atoms with Crippen molar-refractivity contribution in [2.24, 2.45) is 5.92 Å². The van der Waals surface area contributed by atoms with E-state index in [2.05, 4.69) is 10.6 Å². The van der Waals surface area contributed by atoms with E-state index in [0.717, 1.165) is 11.6 Å². The van der Waals surface area contributed by atoms with Gasteiger partial charge < -0.3 is 20.1 Å². The molecule has 0 radical (unpaired) electrons. The van der Waals surface area contributed by atoms with Crippen molar-refractivity contribution in [3.05, 3.63) is 52.8 Å². The lowest BCUT2D eigenvalue weighted by Gasteiger charge is -2.31. The van der Waals surface area contributed by atoms with Gasteiger partial charge in [0.05, 0.1) is 18.1 Å². The number of ether oxygens (including phenoxy) is 2. The highest BCUT2D eigenvalue weighted by Crippen LogP contribution is 2.37. The average molecular weight is 489 g/mol. The van der Waals surface area contributed by atoms with Crippen molar-refractivity contribution in [3.63, 3.8) is 0 Å². The minimum atomic E-state index is -4.15. The molecule has 5 nitrogen and oxygen atoms in total. The Morgan fingerprint density at radius 2 is 1.94 bits per heavy atom. The molecule has 0 aromatic heterocycles. The largest absolute Gasteiger partial charge is 0.493 e. The maximum Gasteiger partial charge on any atom is 0.391 e. The molecule has 1 aliphatic rings. The van der Waals surface area contributed by atoms with Gasteiger partial charge >= 0.3 is 6.18 Å². The molecule has 2 atom stereocenters. The first kappa shape index (κ1) is 25.1. The molecule has 1 aliphatic carbocycles. The molecule has 2 N–H and O–H groups in total. The first-order chi connectivity index (χ1) is 15.7. The van der Waals surface area contributed by atoms with Gasteiger partial charge in [-0.2, -0.15) is 13.2 Å². The van der Waals surface area contributed by atoms with Gasteiger partial charge in [0.15, 0.2) is 18.1 Å². The molecule has 0 spiro atoms. The van der Waals surface area contributed by atoms with Crippen LogP contribution in [0.15, 0.2) is 36.4 Å². The number of benzene rings is 2. The third kappa shape index (κ3) is 7.23. The van der Waals surface area contributed by atoms with Gasteiger partial charge in [-0.25, -0.2) is 4.39 Å². The first-order valence-corrected chi connectivity index (χ1v) is 10.9. The van der Waals surface area contributed by atoms with Crippen LogP contribution in [0.5, 0.6) is 11.5 Å². The minimum absolute atomic E-state index is 0.0796. The van der Waals surface area contributed by atoms with Crippen molar-refractivity contribution in [1.82, 2.24) is 5.32 Å². The zero-order chi connectivity index (χ0) is 24.0. The zero-order valence-corrected chi connectivity index (χ0v) is 18.7. The Kier molecular flexibility index (Phi) is 8.42. The lowest BCUT2D eigenvalue weighted by atomic mass is 9.85. The predicted molar refractivity (Wildman–Crippen MR) is 117 cm³/mol. The number of halogens is 5. The van der Waals surface area contributed by atoms with Crippen LogP contribution in [0.4, 0.5) is 23.2 Å². The molecular formula is C23H25ClF4N2O3. The SMILES string of the molecule is COc1cc(CNC2CCCC(C(F)(F)F)C2)ccc1OCC(=O)Nc1ccc(F)c(Cl)c1. The summed E-state index contributed by atoms with van der Waals surface area (Å²) in [6, 6.07) is 8.72. The predicted octanol–water partition coefficient (Wildman–Crippen LogP) is 5.72. The van der Waals surface area contributed by atoms with Crippen molar-refractivity contribution in [2.45, 2.75) is 44.4 Å². The van der Waals surface area contributed by atoms with Gasteiger partial charge in [-0.1, -0.05) is 24.1 Å². The Hall–Kier alpha value is -2.52. The van der Waals surface area contributed by atoms with Gasteiger partial charge in [0.2, 0.25) is 0 Å². The number of hydrogen-bond donors (Lipinski definition) is 2. The molecule has 0 heterocycles. The summed E-state index contributed by atoms with van der Waals surface area (Å²) in [5.74, 6) is -1.59. The van der Waals surface area contributed by atoms with E-state index in [1.165, 1.54) is 19.2 Å². The lowest BCUT2D eigenvalue weighted by Crippen LogP contribution is -2.38. The maximum absolute atomic E-state index is 13.2. The quantitative estimate of drug-likeness (QED) is 0.467. The van der Waals surface area contributed by atoms with E-state index >= 15 is 0 Å². The van der Waals surface area contributed by atoms with Gasteiger partial charge in [0.1, 0.15) is 5.82 Å². The second-order valence-corrected chi connectivity index (χ2v) is 8.34. The van der Waals surface area contributed by atoms with Crippen LogP contribution in [0.1, 0.15) is 31.2 Å². The fourth-order valence-electron chi connectivity index (χ4n) is 3.79. The molecule has 33 heavy (non-hydrogen) atoms. The van der Waals surface area contributed by atoms with Crippen LogP contribution >= 0.6 is 11.6 Å². The summed E-state index contributed by atoms with van der Waals surface area (Å²) in [4.78, 5) is 12.1. The molecule has 3 rings (SSSR count). The van der Waals surface area contributed by atoms with Gasteiger partial charge in [-0.3, -0.25) is 4.79 Å². The third-order valence-electron chi connectivity index (χ3n) is 5.52. The number of carbonyl (C=O) groups excluding carboxylic acids is 1. The average Bonchev–Trinajstić information content (AvgIpc) is 2.78. The van der Waals surface area contributed by atoms with Crippen LogP contribution in [0, 0.1) is 11.7 Å². The third-order valence-corrected chi connectivity index (χ3v) is 5.81. The molecule has 0 aliphatic heterocycles. The number of hydrogen-bond acceptors (Lipinski definition) is 4. The van der Waals surface area contributed by atoms with E-state index in [9.17, 15) is 22.4 Å². The Labute approximate surface area is 194 Å². The van der Waals surface area contributed by atoms with Gasteiger partial charge in [0.25, 0.3) is 5.91 Å². The molecule has 2 aromatic carbocycles.